The lowest BCUT2D eigenvalue weighted by Gasteiger charge is -2.07. The van der Waals surface area contributed by atoms with E-state index in [2.05, 4.69) is 10.3 Å². The van der Waals surface area contributed by atoms with Crippen LogP contribution in [0.15, 0.2) is 77.2 Å². The van der Waals surface area contributed by atoms with Gasteiger partial charge in [0.15, 0.2) is 5.58 Å². The van der Waals surface area contributed by atoms with Crippen LogP contribution in [-0.2, 0) is 4.79 Å². The summed E-state index contributed by atoms with van der Waals surface area (Å²) in [6.45, 7) is 0.307. The van der Waals surface area contributed by atoms with Crippen molar-refractivity contribution in [1.29, 1.82) is 0 Å². The summed E-state index contributed by atoms with van der Waals surface area (Å²) in [5.74, 6) is 1.10. The van der Waals surface area contributed by atoms with Crippen LogP contribution in [0.3, 0.4) is 0 Å². The molecular weight excluding hydrogens is 376 g/mol. The number of hydrogen-bond acceptors (Lipinski definition) is 4. The van der Waals surface area contributed by atoms with Gasteiger partial charge in [-0.25, -0.2) is 4.98 Å². The number of carbonyl (C=O) groups is 1. The Labute approximate surface area is 166 Å². The number of hydrogen-bond donors (Lipinski definition) is 1. The first-order valence-electron chi connectivity index (χ1n) is 8.82. The number of oxazole rings is 1. The van der Waals surface area contributed by atoms with E-state index < -0.39 is 0 Å². The van der Waals surface area contributed by atoms with Crippen molar-refractivity contribution in [3.8, 4) is 17.2 Å². The number of halogens is 1. The van der Waals surface area contributed by atoms with Crippen LogP contribution in [0.1, 0.15) is 6.42 Å². The number of fused-ring (bicyclic) bond motifs is 1. The number of nitrogens with one attached hydrogen (secondary N) is 1. The van der Waals surface area contributed by atoms with Gasteiger partial charge in [-0.1, -0.05) is 35.9 Å². The molecule has 140 valence electrons. The van der Waals surface area contributed by atoms with E-state index in [4.69, 9.17) is 20.8 Å². The molecule has 1 heterocycles. The summed E-state index contributed by atoms with van der Waals surface area (Å²) in [5, 5.41) is 3.47. The summed E-state index contributed by atoms with van der Waals surface area (Å²) < 4.78 is 11.3. The molecule has 0 bridgehead atoms. The lowest BCUT2D eigenvalue weighted by atomic mass is 10.2. The molecule has 0 spiro atoms. The van der Waals surface area contributed by atoms with Gasteiger partial charge in [0.25, 0.3) is 0 Å². The van der Waals surface area contributed by atoms with E-state index in [0.29, 0.717) is 34.3 Å². The van der Waals surface area contributed by atoms with Gasteiger partial charge in [-0.05, 0) is 48.5 Å². The molecule has 1 aromatic heterocycles. The molecule has 0 aliphatic heterocycles. The third-order valence-electron chi connectivity index (χ3n) is 4.08. The zero-order valence-electron chi connectivity index (χ0n) is 14.9. The number of aromatic nitrogens is 1. The van der Waals surface area contributed by atoms with Crippen LogP contribution < -0.4 is 10.1 Å². The minimum absolute atomic E-state index is 0.131. The maximum atomic E-state index is 12.2. The highest BCUT2D eigenvalue weighted by Gasteiger charge is 2.10. The molecule has 1 N–H and O–H groups in total. The molecule has 3 aromatic carbocycles. The Bertz CT molecular complexity index is 1110. The van der Waals surface area contributed by atoms with Crippen molar-refractivity contribution in [2.75, 3.05) is 11.9 Å². The number of anilines is 1. The fourth-order valence-electron chi connectivity index (χ4n) is 2.75. The quantitative estimate of drug-likeness (QED) is 0.466. The SMILES string of the molecule is O=C(CCOc1ccccc1)Nc1ccc2oc(-c3cccc(Cl)c3)nc2c1. The van der Waals surface area contributed by atoms with Gasteiger partial charge in [-0.15, -0.1) is 0 Å². The number of ether oxygens (including phenoxy) is 1. The Morgan fingerprint density at radius 1 is 1.04 bits per heavy atom. The Kier molecular flexibility index (Phi) is 5.26. The average molecular weight is 393 g/mol. The highest BCUT2D eigenvalue weighted by molar-refractivity contribution is 6.30. The maximum Gasteiger partial charge on any atom is 0.227 e. The van der Waals surface area contributed by atoms with Gasteiger partial charge < -0.3 is 14.5 Å². The van der Waals surface area contributed by atoms with Crippen molar-refractivity contribution in [1.82, 2.24) is 4.98 Å². The highest BCUT2D eigenvalue weighted by Crippen LogP contribution is 2.27. The minimum atomic E-state index is -0.131. The van der Waals surface area contributed by atoms with Crippen molar-refractivity contribution < 1.29 is 13.9 Å². The molecule has 6 heteroatoms. The molecule has 0 unspecified atom stereocenters. The minimum Gasteiger partial charge on any atom is -0.493 e. The van der Waals surface area contributed by atoms with E-state index in [1.807, 2.05) is 42.5 Å². The molecule has 5 nitrogen and oxygen atoms in total. The van der Waals surface area contributed by atoms with Crippen molar-refractivity contribution >= 4 is 34.3 Å². The lowest BCUT2D eigenvalue weighted by molar-refractivity contribution is -0.116. The van der Waals surface area contributed by atoms with Crippen LogP contribution in [0.25, 0.3) is 22.6 Å². The van der Waals surface area contributed by atoms with Gasteiger partial charge in [-0.2, -0.15) is 0 Å². The molecule has 0 atom stereocenters. The number of para-hydroxylation sites is 1. The Balaban J connectivity index is 1.40. The van der Waals surface area contributed by atoms with Gasteiger partial charge >= 0.3 is 0 Å². The largest absolute Gasteiger partial charge is 0.493 e. The van der Waals surface area contributed by atoms with Crippen LogP contribution in [0, 0.1) is 0 Å². The molecular formula is C22H17ClN2O3. The van der Waals surface area contributed by atoms with Crippen LogP contribution in [0.5, 0.6) is 5.75 Å². The van der Waals surface area contributed by atoms with Gasteiger partial charge in [0, 0.05) is 16.3 Å². The molecule has 4 rings (SSSR count). The third-order valence-corrected chi connectivity index (χ3v) is 4.32. The van der Waals surface area contributed by atoms with Crippen molar-refractivity contribution in [3.05, 3.63) is 77.8 Å². The zero-order valence-corrected chi connectivity index (χ0v) is 15.6. The van der Waals surface area contributed by atoms with Gasteiger partial charge in [0.05, 0.1) is 13.0 Å². The molecule has 4 aromatic rings. The summed E-state index contributed by atoms with van der Waals surface area (Å²) in [4.78, 5) is 16.6. The Hall–Kier alpha value is -3.31. The second-order valence-electron chi connectivity index (χ2n) is 6.17. The molecule has 0 saturated carbocycles. The first kappa shape index (κ1) is 18.1. The van der Waals surface area contributed by atoms with Crippen molar-refractivity contribution in [3.63, 3.8) is 0 Å². The second-order valence-corrected chi connectivity index (χ2v) is 6.61. The van der Waals surface area contributed by atoms with E-state index in [1.165, 1.54) is 0 Å². The zero-order chi connectivity index (χ0) is 19.3. The van der Waals surface area contributed by atoms with E-state index in [9.17, 15) is 4.79 Å². The standard InChI is InChI=1S/C22H17ClN2O3/c23-16-6-4-5-15(13-16)22-25-19-14-17(9-10-20(19)28-22)24-21(26)11-12-27-18-7-2-1-3-8-18/h1-10,13-14H,11-12H2,(H,24,26). The Morgan fingerprint density at radius 3 is 2.71 bits per heavy atom. The van der Waals surface area contributed by atoms with Gasteiger partial charge in [0.1, 0.15) is 11.3 Å². The molecule has 28 heavy (non-hydrogen) atoms. The first-order chi connectivity index (χ1) is 13.7. The number of rotatable bonds is 6. The maximum absolute atomic E-state index is 12.2. The number of carbonyl (C=O) groups excluding carboxylic acids is 1. The fourth-order valence-corrected chi connectivity index (χ4v) is 2.94. The predicted octanol–water partition coefficient (Wildman–Crippen LogP) is 5.56. The summed E-state index contributed by atoms with van der Waals surface area (Å²) in [6, 6.07) is 22.1. The highest BCUT2D eigenvalue weighted by atomic mass is 35.5. The first-order valence-corrected chi connectivity index (χ1v) is 9.19. The third kappa shape index (κ3) is 4.32. The van der Waals surface area contributed by atoms with Crippen LogP contribution in [-0.4, -0.2) is 17.5 Å². The lowest BCUT2D eigenvalue weighted by Crippen LogP contribution is -2.15. The topological polar surface area (TPSA) is 64.4 Å². The molecule has 0 aliphatic rings. The average Bonchev–Trinajstić information content (AvgIpc) is 3.12. The van der Waals surface area contributed by atoms with Gasteiger partial charge in [0.2, 0.25) is 11.8 Å². The van der Waals surface area contributed by atoms with E-state index in [-0.39, 0.29) is 12.3 Å². The van der Waals surface area contributed by atoms with Crippen LogP contribution >= 0.6 is 11.6 Å². The predicted molar refractivity (Wildman–Crippen MR) is 110 cm³/mol. The summed E-state index contributed by atoms with van der Waals surface area (Å²) in [6.07, 6.45) is 0.250. The van der Waals surface area contributed by atoms with Crippen molar-refractivity contribution in [2.24, 2.45) is 0 Å². The summed E-state index contributed by atoms with van der Waals surface area (Å²) in [7, 11) is 0. The van der Waals surface area contributed by atoms with E-state index >= 15 is 0 Å². The smallest absolute Gasteiger partial charge is 0.227 e. The number of amides is 1. The van der Waals surface area contributed by atoms with Gasteiger partial charge in [-0.3, -0.25) is 4.79 Å². The molecule has 1 amide bonds. The summed E-state index contributed by atoms with van der Waals surface area (Å²) in [5.41, 5.74) is 2.75. The molecule has 0 fully saturated rings. The molecule has 0 aliphatic carbocycles. The number of benzene rings is 3. The van der Waals surface area contributed by atoms with E-state index in [0.717, 1.165) is 11.3 Å². The molecule has 0 saturated heterocycles. The molecule has 0 radical (unpaired) electrons. The fraction of sp³-hybridized carbons (Fsp3) is 0.0909. The Morgan fingerprint density at radius 2 is 1.89 bits per heavy atom. The normalized spacial score (nSPS) is 10.8. The van der Waals surface area contributed by atoms with Crippen molar-refractivity contribution in [2.45, 2.75) is 6.42 Å². The summed E-state index contributed by atoms with van der Waals surface area (Å²) >= 11 is 6.03. The number of nitrogens with zero attached hydrogens (tertiary/aromatic N) is 1. The monoisotopic (exact) mass is 392 g/mol. The van der Waals surface area contributed by atoms with Crippen LogP contribution in [0.4, 0.5) is 5.69 Å². The van der Waals surface area contributed by atoms with E-state index in [1.54, 1.807) is 30.3 Å². The second kappa shape index (κ2) is 8.15. The van der Waals surface area contributed by atoms with Crippen LogP contribution in [0.2, 0.25) is 5.02 Å².